The van der Waals surface area contributed by atoms with E-state index < -0.39 is 24.3 Å². The van der Waals surface area contributed by atoms with E-state index in [0.29, 0.717) is 26.2 Å². The maximum Gasteiger partial charge on any atom is 0.490 e. The highest BCUT2D eigenvalue weighted by Crippen LogP contribution is 2.23. The number of aliphatic carboxylic acids is 2. The SMILES string of the molecule is O=C(NCc1cccnc1)C1CN(Cc2ccc(F)cc2)Cc2cncn21.O=C(O)C(F)(F)F.O=C(O)C(F)(F)F. The topological polar surface area (TPSA) is 138 Å². The first kappa shape index (κ1) is 32.7. The zero-order valence-corrected chi connectivity index (χ0v) is 20.7. The molecule has 0 bridgehead atoms. The van der Waals surface area contributed by atoms with Crippen molar-refractivity contribution in [3.05, 3.63) is 84.0 Å². The summed E-state index contributed by atoms with van der Waals surface area (Å²) in [5.41, 5.74) is 2.96. The Hall–Kier alpha value is -4.54. The number of aromatic nitrogens is 3. The summed E-state index contributed by atoms with van der Waals surface area (Å²) in [6.07, 6.45) is -3.22. The molecule has 3 N–H and O–H groups in total. The van der Waals surface area contributed by atoms with Crippen LogP contribution in [0.1, 0.15) is 22.9 Å². The van der Waals surface area contributed by atoms with E-state index in [9.17, 15) is 35.5 Å². The molecule has 1 amide bonds. The maximum absolute atomic E-state index is 13.1. The van der Waals surface area contributed by atoms with Gasteiger partial charge in [0, 0.05) is 44.8 Å². The first-order valence-corrected chi connectivity index (χ1v) is 11.3. The summed E-state index contributed by atoms with van der Waals surface area (Å²) in [6, 6.07) is 9.90. The number of fused-ring (bicyclic) bond motifs is 1. The fourth-order valence-electron chi connectivity index (χ4n) is 3.35. The van der Waals surface area contributed by atoms with Crippen molar-refractivity contribution >= 4 is 17.8 Å². The number of rotatable bonds is 5. The highest BCUT2D eigenvalue weighted by Gasteiger charge is 2.39. The Bertz CT molecular complexity index is 1270. The smallest absolute Gasteiger partial charge is 0.475 e. The number of hydrogen-bond acceptors (Lipinski definition) is 6. The van der Waals surface area contributed by atoms with E-state index in [-0.39, 0.29) is 17.8 Å². The molecule has 10 nitrogen and oxygen atoms in total. The highest BCUT2D eigenvalue weighted by atomic mass is 19.4. The molecular weight excluding hydrogens is 571 g/mol. The molecule has 0 saturated heterocycles. The molecule has 1 unspecified atom stereocenters. The Morgan fingerprint density at radius 3 is 2.00 bits per heavy atom. The third-order valence-electron chi connectivity index (χ3n) is 5.20. The molecule has 1 atom stereocenters. The van der Waals surface area contributed by atoms with Crippen LogP contribution in [-0.4, -0.2) is 66.4 Å². The molecule has 0 aliphatic carbocycles. The second kappa shape index (κ2) is 14.2. The summed E-state index contributed by atoms with van der Waals surface area (Å²) < 4.78 is 78.5. The Balaban J connectivity index is 0.000000349. The van der Waals surface area contributed by atoms with Gasteiger partial charge in [-0.05, 0) is 29.3 Å². The molecule has 222 valence electrons. The third kappa shape index (κ3) is 10.9. The van der Waals surface area contributed by atoms with E-state index >= 15 is 0 Å². The molecule has 0 spiro atoms. The van der Waals surface area contributed by atoms with Crippen molar-refractivity contribution in [3.8, 4) is 0 Å². The van der Waals surface area contributed by atoms with Gasteiger partial charge in [0.25, 0.3) is 0 Å². The predicted octanol–water partition coefficient (Wildman–Crippen LogP) is 3.56. The van der Waals surface area contributed by atoms with Gasteiger partial charge >= 0.3 is 24.3 Å². The fourth-order valence-corrected chi connectivity index (χ4v) is 3.35. The van der Waals surface area contributed by atoms with Crippen molar-refractivity contribution in [3.63, 3.8) is 0 Å². The number of hydrogen-bond donors (Lipinski definition) is 3. The number of imidazole rings is 1. The van der Waals surface area contributed by atoms with Gasteiger partial charge in [-0.2, -0.15) is 26.3 Å². The minimum Gasteiger partial charge on any atom is -0.475 e. The summed E-state index contributed by atoms with van der Waals surface area (Å²) in [7, 11) is 0. The zero-order chi connectivity index (χ0) is 30.8. The van der Waals surface area contributed by atoms with Crippen molar-refractivity contribution in [1.82, 2.24) is 24.8 Å². The zero-order valence-electron chi connectivity index (χ0n) is 20.7. The Morgan fingerprint density at radius 1 is 0.902 bits per heavy atom. The molecule has 4 rings (SSSR count). The number of benzene rings is 1. The third-order valence-corrected chi connectivity index (χ3v) is 5.20. The maximum atomic E-state index is 13.1. The summed E-state index contributed by atoms with van der Waals surface area (Å²) in [5.74, 6) is -5.81. The van der Waals surface area contributed by atoms with Crippen LogP contribution in [0.15, 0.2) is 61.3 Å². The largest absolute Gasteiger partial charge is 0.490 e. The number of carbonyl (C=O) groups is 3. The second-order valence-corrected chi connectivity index (χ2v) is 8.29. The number of alkyl halides is 6. The number of nitrogens with one attached hydrogen (secondary N) is 1. The average molecular weight is 593 g/mol. The van der Waals surface area contributed by atoms with E-state index in [2.05, 4.69) is 20.2 Å². The summed E-state index contributed by atoms with van der Waals surface area (Å²) in [5, 5.41) is 17.2. The van der Waals surface area contributed by atoms with Crippen LogP contribution in [0.2, 0.25) is 0 Å². The average Bonchev–Trinajstić information content (AvgIpc) is 3.37. The number of carboxylic acids is 2. The lowest BCUT2D eigenvalue weighted by Gasteiger charge is -2.33. The second-order valence-electron chi connectivity index (χ2n) is 8.29. The Labute approximate surface area is 227 Å². The van der Waals surface area contributed by atoms with E-state index in [1.54, 1.807) is 37.1 Å². The number of carbonyl (C=O) groups excluding carboxylic acids is 1. The molecule has 0 saturated carbocycles. The number of amides is 1. The van der Waals surface area contributed by atoms with Gasteiger partial charge in [0.1, 0.15) is 11.9 Å². The lowest BCUT2D eigenvalue weighted by Crippen LogP contribution is -2.44. The molecule has 1 aliphatic heterocycles. The first-order chi connectivity index (χ1) is 19.1. The van der Waals surface area contributed by atoms with Crippen molar-refractivity contribution in [2.45, 2.75) is 38.0 Å². The van der Waals surface area contributed by atoms with Crippen molar-refractivity contribution in [1.29, 1.82) is 0 Å². The van der Waals surface area contributed by atoms with Crippen LogP contribution < -0.4 is 5.32 Å². The van der Waals surface area contributed by atoms with Crippen LogP contribution in [0.25, 0.3) is 0 Å². The van der Waals surface area contributed by atoms with Crippen LogP contribution in [0.4, 0.5) is 30.7 Å². The van der Waals surface area contributed by atoms with Gasteiger partial charge < -0.3 is 20.1 Å². The van der Waals surface area contributed by atoms with E-state index in [1.807, 2.05) is 16.7 Å². The predicted molar refractivity (Wildman–Crippen MR) is 125 cm³/mol. The molecule has 0 radical (unpaired) electrons. The van der Waals surface area contributed by atoms with Crippen LogP contribution in [0.5, 0.6) is 0 Å². The van der Waals surface area contributed by atoms with Crippen molar-refractivity contribution < 1.29 is 55.3 Å². The van der Waals surface area contributed by atoms with E-state index in [4.69, 9.17) is 19.8 Å². The molecule has 1 aliphatic rings. The highest BCUT2D eigenvalue weighted by molar-refractivity contribution is 5.80. The van der Waals surface area contributed by atoms with Gasteiger partial charge in [0.2, 0.25) is 5.91 Å². The lowest BCUT2D eigenvalue weighted by atomic mass is 10.1. The van der Waals surface area contributed by atoms with Gasteiger partial charge in [0.15, 0.2) is 0 Å². The molecule has 3 heterocycles. The molecular formula is C24H22F7N5O5. The standard InChI is InChI=1S/C20H20FN5O.2C2HF3O2/c21-17-5-3-15(4-6-17)11-25-12-18-10-23-14-26(18)19(13-25)20(27)24-9-16-2-1-7-22-8-16;2*3-2(4,5)1(6)7/h1-8,10,14,19H,9,11-13H2,(H,24,27);2*(H,6,7). The first-order valence-electron chi connectivity index (χ1n) is 11.3. The number of nitrogens with zero attached hydrogens (tertiary/aromatic N) is 4. The normalized spacial score (nSPS) is 14.9. The monoisotopic (exact) mass is 593 g/mol. The lowest BCUT2D eigenvalue weighted by molar-refractivity contribution is -0.193. The number of pyridine rings is 1. The minimum atomic E-state index is -5.08. The molecule has 17 heteroatoms. The van der Waals surface area contributed by atoms with Gasteiger partial charge in [-0.15, -0.1) is 0 Å². The summed E-state index contributed by atoms with van der Waals surface area (Å²) >= 11 is 0. The summed E-state index contributed by atoms with van der Waals surface area (Å²) in [4.78, 5) is 41.1. The van der Waals surface area contributed by atoms with E-state index in [1.165, 1.54) is 12.1 Å². The number of halogens is 7. The van der Waals surface area contributed by atoms with Crippen LogP contribution in [0, 0.1) is 5.82 Å². The minimum absolute atomic E-state index is 0.0538. The molecule has 41 heavy (non-hydrogen) atoms. The Kier molecular flexibility index (Phi) is 11.3. The van der Waals surface area contributed by atoms with Crippen LogP contribution in [-0.2, 0) is 34.0 Å². The molecule has 2 aromatic heterocycles. The number of carboxylic acid groups (broad SMARTS) is 2. The van der Waals surface area contributed by atoms with Gasteiger partial charge in [-0.1, -0.05) is 18.2 Å². The van der Waals surface area contributed by atoms with Gasteiger partial charge in [0.05, 0.1) is 12.0 Å². The fraction of sp³-hybridized carbons (Fsp3) is 0.292. The molecule has 3 aromatic rings. The van der Waals surface area contributed by atoms with Crippen molar-refractivity contribution in [2.24, 2.45) is 0 Å². The van der Waals surface area contributed by atoms with Crippen molar-refractivity contribution in [2.75, 3.05) is 6.54 Å². The quantitative estimate of drug-likeness (QED) is 0.382. The van der Waals surface area contributed by atoms with Gasteiger partial charge in [-0.3, -0.25) is 14.7 Å². The van der Waals surface area contributed by atoms with Crippen LogP contribution in [0.3, 0.4) is 0 Å². The molecule has 0 fully saturated rings. The Morgan fingerprint density at radius 2 is 1.49 bits per heavy atom. The van der Waals surface area contributed by atoms with E-state index in [0.717, 1.165) is 16.8 Å². The molecule has 1 aromatic carbocycles. The van der Waals surface area contributed by atoms with Crippen LogP contribution >= 0.6 is 0 Å². The van der Waals surface area contributed by atoms with Gasteiger partial charge in [-0.25, -0.2) is 19.0 Å². The summed E-state index contributed by atoms with van der Waals surface area (Å²) in [6.45, 7) is 2.35.